The predicted molar refractivity (Wildman–Crippen MR) is 127 cm³/mol. The van der Waals surface area contributed by atoms with Crippen LogP contribution in [0.2, 0.25) is 0 Å². The number of hydrogen-bond acceptors (Lipinski definition) is 6. The van der Waals surface area contributed by atoms with Crippen LogP contribution >= 0.6 is 0 Å². The molecule has 1 amide bonds. The van der Waals surface area contributed by atoms with E-state index < -0.39 is 17.7 Å². The minimum Gasteiger partial charge on any atom is -0.507 e. The van der Waals surface area contributed by atoms with Crippen LogP contribution in [0.1, 0.15) is 36.6 Å². The molecular formula is C27H26N2O5. The van der Waals surface area contributed by atoms with Crippen LogP contribution in [0, 0.1) is 0 Å². The number of likely N-dealkylation sites (tertiary alicyclic amines) is 1. The number of pyridine rings is 1. The lowest BCUT2D eigenvalue weighted by molar-refractivity contribution is -0.140. The van der Waals surface area contributed by atoms with Crippen molar-refractivity contribution in [3.63, 3.8) is 0 Å². The summed E-state index contributed by atoms with van der Waals surface area (Å²) in [6.07, 6.45) is 3.09. The molecule has 0 saturated carbocycles. The second-order valence-electron chi connectivity index (χ2n) is 8.25. The van der Waals surface area contributed by atoms with Gasteiger partial charge in [0.05, 0.1) is 24.8 Å². The summed E-state index contributed by atoms with van der Waals surface area (Å²) in [5.74, 6) is -0.251. The molecule has 0 spiro atoms. The summed E-state index contributed by atoms with van der Waals surface area (Å²) < 4.78 is 10.9. The highest BCUT2D eigenvalue weighted by Crippen LogP contribution is 2.40. The van der Waals surface area contributed by atoms with E-state index in [1.54, 1.807) is 43.5 Å². The van der Waals surface area contributed by atoms with Crippen molar-refractivity contribution in [1.29, 1.82) is 0 Å². The average molecular weight is 459 g/mol. The minimum absolute atomic E-state index is 0.0427. The number of hydrogen-bond donors (Lipinski definition) is 1. The van der Waals surface area contributed by atoms with Gasteiger partial charge in [0, 0.05) is 24.5 Å². The molecule has 7 nitrogen and oxygen atoms in total. The zero-order valence-corrected chi connectivity index (χ0v) is 19.3. The quantitative estimate of drug-likeness (QED) is 0.319. The van der Waals surface area contributed by atoms with E-state index in [1.807, 2.05) is 38.1 Å². The van der Waals surface area contributed by atoms with Gasteiger partial charge in [-0.3, -0.25) is 14.6 Å². The number of Topliss-reactive ketones (excluding diaryl/α,β-unsaturated/α-hetero) is 1. The highest BCUT2D eigenvalue weighted by Gasteiger charge is 2.46. The van der Waals surface area contributed by atoms with Crippen LogP contribution < -0.4 is 9.47 Å². The zero-order chi connectivity index (χ0) is 24.2. The molecule has 1 aliphatic heterocycles. The zero-order valence-electron chi connectivity index (χ0n) is 19.3. The van der Waals surface area contributed by atoms with Gasteiger partial charge < -0.3 is 19.5 Å². The normalized spacial score (nSPS) is 17.3. The van der Waals surface area contributed by atoms with Crippen LogP contribution in [0.25, 0.3) is 5.76 Å². The molecule has 174 valence electrons. The minimum atomic E-state index is -0.759. The van der Waals surface area contributed by atoms with Gasteiger partial charge in [0.2, 0.25) is 0 Å². The first-order chi connectivity index (χ1) is 16.4. The number of methoxy groups -OCH3 is 1. The highest BCUT2D eigenvalue weighted by molar-refractivity contribution is 6.46. The van der Waals surface area contributed by atoms with Gasteiger partial charge in [-0.25, -0.2) is 0 Å². The molecule has 1 aromatic heterocycles. The van der Waals surface area contributed by atoms with Crippen molar-refractivity contribution in [2.24, 2.45) is 0 Å². The molecule has 7 heteroatoms. The fourth-order valence-corrected chi connectivity index (χ4v) is 3.98. The molecule has 1 unspecified atom stereocenters. The van der Waals surface area contributed by atoms with Gasteiger partial charge in [0.1, 0.15) is 17.3 Å². The molecule has 1 atom stereocenters. The number of carbonyl (C=O) groups excluding carboxylic acids is 2. The average Bonchev–Trinajstić information content (AvgIpc) is 3.10. The molecule has 1 N–H and O–H groups in total. The van der Waals surface area contributed by atoms with Crippen molar-refractivity contribution >= 4 is 17.4 Å². The van der Waals surface area contributed by atoms with Crippen LogP contribution in [0.5, 0.6) is 11.5 Å². The summed E-state index contributed by atoms with van der Waals surface area (Å²) in [5.41, 5.74) is 1.98. The van der Waals surface area contributed by atoms with Crippen LogP contribution in [0.4, 0.5) is 0 Å². The monoisotopic (exact) mass is 458 g/mol. The Labute approximate surface area is 198 Å². The second kappa shape index (κ2) is 9.79. The van der Waals surface area contributed by atoms with Crippen molar-refractivity contribution in [3.05, 3.63) is 95.3 Å². The summed E-state index contributed by atoms with van der Waals surface area (Å²) >= 11 is 0. The number of amides is 1. The van der Waals surface area contributed by atoms with Crippen LogP contribution in [0.3, 0.4) is 0 Å². The summed E-state index contributed by atoms with van der Waals surface area (Å²) in [6.45, 7) is 4.09. The van der Waals surface area contributed by atoms with E-state index in [1.165, 1.54) is 17.3 Å². The number of benzene rings is 2. The lowest BCUT2D eigenvalue weighted by Crippen LogP contribution is -2.29. The van der Waals surface area contributed by atoms with Gasteiger partial charge in [0.25, 0.3) is 11.7 Å². The van der Waals surface area contributed by atoms with Gasteiger partial charge in [-0.05, 0) is 61.4 Å². The number of aromatic nitrogens is 1. The van der Waals surface area contributed by atoms with E-state index in [9.17, 15) is 14.7 Å². The number of aliphatic hydroxyl groups excluding tert-OH is 1. The molecule has 1 fully saturated rings. The molecular weight excluding hydrogens is 432 g/mol. The molecule has 4 rings (SSSR count). The maximum atomic E-state index is 13.1. The van der Waals surface area contributed by atoms with E-state index >= 15 is 0 Å². The molecule has 3 aromatic rings. The molecule has 0 radical (unpaired) electrons. The Bertz CT molecular complexity index is 1200. The largest absolute Gasteiger partial charge is 0.507 e. The van der Waals surface area contributed by atoms with E-state index in [-0.39, 0.29) is 24.0 Å². The Morgan fingerprint density at radius 1 is 0.971 bits per heavy atom. The summed E-state index contributed by atoms with van der Waals surface area (Å²) in [4.78, 5) is 31.7. The summed E-state index contributed by atoms with van der Waals surface area (Å²) in [7, 11) is 1.57. The van der Waals surface area contributed by atoms with Crippen molar-refractivity contribution in [2.75, 3.05) is 7.11 Å². The molecule has 2 aromatic carbocycles. The van der Waals surface area contributed by atoms with E-state index in [2.05, 4.69) is 4.98 Å². The molecule has 0 aliphatic carbocycles. The third kappa shape index (κ3) is 4.64. The third-order valence-electron chi connectivity index (χ3n) is 5.57. The fraction of sp³-hybridized carbons (Fsp3) is 0.222. The molecule has 2 heterocycles. The van der Waals surface area contributed by atoms with Gasteiger partial charge in [0.15, 0.2) is 0 Å². The molecule has 1 saturated heterocycles. The third-order valence-corrected chi connectivity index (χ3v) is 5.57. The van der Waals surface area contributed by atoms with E-state index in [4.69, 9.17) is 9.47 Å². The van der Waals surface area contributed by atoms with Gasteiger partial charge >= 0.3 is 0 Å². The number of aliphatic hydroxyl groups is 1. The smallest absolute Gasteiger partial charge is 0.295 e. The van der Waals surface area contributed by atoms with Crippen LogP contribution in [-0.2, 0) is 16.1 Å². The van der Waals surface area contributed by atoms with Crippen molar-refractivity contribution in [2.45, 2.75) is 32.5 Å². The first-order valence-electron chi connectivity index (χ1n) is 11.0. The highest BCUT2D eigenvalue weighted by atomic mass is 16.5. The Kier molecular flexibility index (Phi) is 6.63. The lowest BCUT2D eigenvalue weighted by atomic mass is 9.95. The van der Waals surface area contributed by atoms with E-state index in [0.717, 1.165) is 11.3 Å². The van der Waals surface area contributed by atoms with E-state index in [0.29, 0.717) is 16.9 Å². The van der Waals surface area contributed by atoms with Crippen LogP contribution in [-0.4, -0.2) is 39.9 Å². The lowest BCUT2D eigenvalue weighted by Gasteiger charge is -2.25. The Hall–Kier alpha value is -4.13. The molecule has 0 bridgehead atoms. The van der Waals surface area contributed by atoms with Crippen molar-refractivity contribution < 1.29 is 24.2 Å². The molecule has 34 heavy (non-hydrogen) atoms. The first kappa shape index (κ1) is 23.0. The Morgan fingerprint density at radius 3 is 2.18 bits per heavy atom. The number of carbonyl (C=O) groups is 2. The first-order valence-corrected chi connectivity index (χ1v) is 11.0. The maximum Gasteiger partial charge on any atom is 0.295 e. The van der Waals surface area contributed by atoms with Crippen LogP contribution in [0.15, 0.2) is 78.6 Å². The Morgan fingerprint density at radius 2 is 1.59 bits per heavy atom. The van der Waals surface area contributed by atoms with Crippen molar-refractivity contribution in [1.82, 2.24) is 9.88 Å². The van der Waals surface area contributed by atoms with Crippen molar-refractivity contribution in [3.8, 4) is 11.5 Å². The van der Waals surface area contributed by atoms with Gasteiger partial charge in [-0.15, -0.1) is 0 Å². The summed E-state index contributed by atoms with van der Waals surface area (Å²) in [5, 5.41) is 11.1. The topological polar surface area (TPSA) is 89.0 Å². The maximum absolute atomic E-state index is 13.1. The predicted octanol–water partition coefficient (Wildman–Crippen LogP) is 4.50. The SMILES string of the molecule is COc1ccc(C2/C(=C(/O)c3ccncc3)C(=O)C(=O)N2Cc2ccc(OC(C)C)cc2)cc1. The van der Waals surface area contributed by atoms with Gasteiger partial charge in [-0.1, -0.05) is 24.3 Å². The second-order valence-corrected chi connectivity index (χ2v) is 8.25. The number of rotatable bonds is 7. The number of nitrogens with zero attached hydrogens (tertiary/aromatic N) is 2. The summed E-state index contributed by atoms with van der Waals surface area (Å²) in [6, 6.07) is 17.0. The molecule has 1 aliphatic rings. The number of ketones is 1. The number of ether oxygens (including phenoxy) is 2. The van der Waals surface area contributed by atoms with Gasteiger partial charge in [-0.2, -0.15) is 0 Å². The standard InChI is InChI=1S/C27H26N2O5/c1-17(2)34-22-8-4-18(5-9-22)16-29-24(19-6-10-21(33-3)11-7-19)23(26(31)27(29)32)25(30)20-12-14-28-15-13-20/h4-15,17,24,30H,16H2,1-3H3/b25-23-. The fourth-order valence-electron chi connectivity index (χ4n) is 3.98. The Balaban J connectivity index is 1.76.